The highest BCUT2D eigenvalue weighted by atomic mass is 79.9. The molecule has 0 spiro atoms. The van der Waals surface area contributed by atoms with Crippen molar-refractivity contribution in [1.29, 1.82) is 0 Å². The Bertz CT molecular complexity index is 250. The molecule has 0 saturated heterocycles. The second-order valence-corrected chi connectivity index (χ2v) is 5.98. The van der Waals surface area contributed by atoms with Gasteiger partial charge in [-0.2, -0.15) is 11.8 Å². The van der Waals surface area contributed by atoms with E-state index in [0.29, 0.717) is 12.5 Å². The van der Waals surface area contributed by atoms with Crippen molar-refractivity contribution in [2.24, 2.45) is 5.92 Å². The van der Waals surface area contributed by atoms with E-state index in [4.69, 9.17) is 5.11 Å². The van der Waals surface area contributed by atoms with Crippen molar-refractivity contribution in [1.82, 2.24) is 0 Å². The Hall–Kier alpha value is 0.490. The SMILES string of the molecule is CC(CO)CSCc1cc(Br)cs1. The normalized spacial score (nSPS) is 13.2. The van der Waals surface area contributed by atoms with Gasteiger partial charge in [-0.1, -0.05) is 6.92 Å². The summed E-state index contributed by atoms with van der Waals surface area (Å²) in [5.74, 6) is 2.50. The van der Waals surface area contributed by atoms with E-state index in [9.17, 15) is 0 Å². The van der Waals surface area contributed by atoms with Crippen LogP contribution in [0.25, 0.3) is 0 Å². The van der Waals surface area contributed by atoms with Gasteiger partial charge in [0.1, 0.15) is 0 Å². The van der Waals surface area contributed by atoms with Gasteiger partial charge in [-0.05, 0) is 33.7 Å². The molecule has 0 radical (unpaired) electrons. The first-order chi connectivity index (χ1) is 6.22. The number of aliphatic hydroxyl groups is 1. The summed E-state index contributed by atoms with van der Waals surface area (Å²) in [6.07, 6.45) is 0. The van der Waals surface area contributed by atoms with Crippen LogP contribution in [0.5, 0.6) is 0 Å². The number of halogens is 1. The van der Waals surface area contributed by atoms with Gasteiger partial charge in [-0.25, -0.2) is 0 Å². The molecule has 1 N–H and O–H groups in total. The van der Waals surface area contributed by atoms with Crippen LogP contribution in [0.1, 0.15) is 11.8 Å². The van der Waals surface area contributed by atoms with Crippen molar-refractivity contribution in [3.63, 3.8) is 0 Å². The molecule has 0 aromatic carbocycles. The quantitative estimate of drug-likeness (QED) is 0.893. The van der Waals surface area contributed by atoms with Gasteiger partial charge in [0.15, 0.2) is 0 Å². The standard InChI is InChI=1S/C9H13BrOS2/c1-7(3-11)4-12-6-9-2-8(10)5-13-9/h2,5,7,11H,3-4,6H2,1H3. The first kappa shape index (κ1) is 11.6. The number of aliphatic hydroxyl groups excluding tert-OH is 1. The molecule has 1 unspecified atom stereocenters. The molecule has 1 aromatic heterocycles. The van der Waals surface area contributed by atoms with E-state index in [1.807, 2.05) is 11.8 Å². The van der Waals surface area contributed by atoms with Crippen molar-refractivity contribution in [2.75, 3.05) is 12.4 Å². The molecule has 0 aliphatic heterocycles. The summed E-state index contributed by atoms with van der Waals surface area (Å²) < 4.78 is 1.17. The lowest BCUT2D eigenvalue weighted by atomic mass is 10.2. The third-order valence-electron chi connectivity index (χ3n) is 1.58. The Labute approximate surface area is 95.7 Å². The maximum Gasteiger partial charge on any atom is 0.0464 e. The van der Waals surface area contributed by atoms with E-state index in [1.54, 1.807) is 11.3 Å². The minimum atomic E-state index is 0.293. The highest BCUT2D eigenvalue weighted by Gasteiger charge is 2.01. The lowest BCUT2D eigenvalue weighted by Crippen LogP contribution is -2.03. The predicted octanol–water partition coefficient (Wildman–Crippen LogP) is 3.37. The summed E-state index contributed by atoms with van der Waals surface area (Å²) in [5, 5.41) is 10.9. The van der Waals surface area contributed by atoms with E-state index in [-0.39, 0.29) is 0 Å². The van der Waals surface area contributed by atoms with Crippen LogP contribution in [0, 0.1) is 5.92 Å². The predicted molar refractivity (Wildman–Crippen MR) is 64.4 cm³/mol. The van der Waals surface area contributed by atoms with E-state index in [2.05, 4.69) is 34.3 Å². The summed E-state index contributed by atoms with van der Waals surface area (Å²) in [6.45, 7) is 2.36. The van der Waals surface area contributed by atoms with Gasteiger partial charge < -0.3 is 5.11 Å². The van der Waals surface area contributed by atoms with Crippen molar-refractivity contribution >= 4 is 39.0 Å². The van der Waals surface area contributed by atoms with Crippen LogP contribution in [0.2, 0.25) is 0 Å². The Balaban J connectivity index is 2.20. The van der Waals surface area contributed by atoms with Crippen molar-refractivity contribution < 1.29 is 5.11 Å². The minimum absolute atomic E-state index is 0.293. The van der Waals surface area contributed by atoms with Crippen LogP contribution < -0.4 is 0 Å². The number of rotatable bonds is 5. The zero-order valence-electron chi connectivity index (χ0n) is 7.50. The summed E-state index contributed by atoms with van der Waals surface area (Å²) in [5.41, 5.74) is 0. The Morgan fingerprint density at radius 3 is 3.00 bits per heavy atom. The Morgan fingerprint density at radius 1 is 1.69 bits per heavy atom. The molecule has 0 fully saturated rings. The second-order valence-electron chi connectivity index (χ2n) is 3.03. The fraction of sp³-hybridized carbons (Fsp3) is 0.556. The summed E-state index contributed by atoms with van der Waals surface area (Å²) in [4.78, 5) is 1.39. The first-order valence-electron chi connectivity index (χ1n) is 4.14. The zero-order valence-corrected chi connectivity index (χ0v) is 10.7. The molecule has 13 heavy (non-hydrogen) atoms. The van der Waals surface area contributed by atoms with Crippen LogP contribution in [0.15, 0.2) is 15.9 Å². The number of thioether (sulfide) groups is 1. The van der Waals surface area contributed by atoms with Crippen LogP contribution in [0.3, 0.4) is 0 Å². The van der Waals surface area contributed by atoms with Crippen molar-refractivity contribution in [3.8, 4) is 0 Å². The molecule has 4 heteroatoms. The highest BCUT2D eigenvalue weighted by Crippen LogP contribution is 2.24. The zero-order chi connectivity index (χ0) is 9.68. The van der Waals surface area contributed by atoms with E-state index >= 15 is 0 Å². The molecule has 1 aromatic rings. The Kier molecular flexibility index (Phi) is 5.39. The van der Waals surface area contributed by atoms with Crippen molar-refractivity contribution in [3.05, 3.63) is 20.8 Å². The lowest BCUT2D eigenvalue weighted by molar-refractivity contribution is 0.250. The van der Waals surface area contributed by atoms with Gasteiger partial charge in [-0.15, -0.1) is 11.3 Å². The monoisotopic (exact) mass is 280 g/mol. The maximum absolute atomic E-state index is 8.82. The molecule has 1 nitrogen and oxygen atoms in total. The lowest BCUT2D eigenvalue weighted by Gasteiger charge is -2.05. The molecule has 0 aliphatic carbocycles. The second kappa shape index (κ2) is 6.06. The molecule has 1 atom stereocenters. The number of hydrogen-bond donors (Lipinski definition) is 1. The maximum atomic E-state index is 8.82. The van der Waals surface area contributed by atoms with Crippen LogP contribution in [-0.4, -0.2) is 17.5 Å². The van der Waals surface area contributed by atoms with Gasteiger partial charge in [0.2, 0.25) is 0 Å². The molecule has 1 heterocycles. The molecule has 0 bridgehead atoms. The van der Waals surface area contributed by atoms with E-state index < -0.39 is 0 Å². The highest BCUT2D eigenvalue weighted by molar-refractivity contribution is 9.10. The molecule has 74 valence electrons. The van der Waals surface area contributed by atoms with Gasteiger partial charge in [0.05, 0.1) is 0 Å². The average Bonchev–Trinajstić information content (AvgIpc) is 2.51. The molecular weight excluding hydrogens is 268 g/mol. The summed E-state index contributed by atoms with van der Waals surface area (Å²) >= 11 is 7.09. The number of thiophene rings is 1. The topological polar surface area (TPSA) is 20.2 Å². The molecule has 0 aliphatic rings. The van der Waals surface area contributed by atoms with E-state index in [1.165, 1.54) is 9.35 Å². The van der Waals surface area contributed by atoms with Crippen molar-refractivity contribution in [2.45, 2.75) is 12.7 Å². The minimum Gasteiger partial charge on any atom is -0.396 e. The van der Waals surface area contributed by atoms with Crippen LogP contribution in [0.4, 0.5) is 0 Å². The molecular formula is C9H13BrOS2. The fourth-order valence-corrected chi connectivity index (χ4v) is 3.51. The summed E-state index contributed by atoms with van der Waals surface area (Å²) in [6, 6.07) is 2.15. The smallest absolute Gasteiger partial charge is 0.0464 e. The largest absolute Gasteiger partial charge is 0.396 e. The average molecular weight is 281 g/mol. The summed E-state index contributed by atoms with van der Waals surface area (Å²) in [7, 11) is 0. The van der Waals surface area contributed by atoms with Crippen LogP contribution in [-0.2, 0) is 5.75 Å². The van der Waals surface area contributed by atoms with Gasteiger partial charge in [0, 0.05) is 27.1 Å². The van der Waals surface area contributed by atoms with Gasteiger partial charge in [0.25, 0.3) is 0 Å². The molecule has 0 saturated carbocycles. The van der Waals surface area contributed by atoms with E-state index in [0.717, 1.165) is 11.5 Å². The molecule has 0 amide bonds. The molecule has 1 rings (SSSR count). The third kappa shape index (κ3) is 4.49. The third-order valence-corrected chi connectivity index (χ3v) is 4.78. The Morgan fingerprint density at radius 2 is 2.46 bits per heavy atom. The fourth-order valence-electron chi connectivity index (χ4n) is 0.843. The van der Waals surface area contributed by atoms with Crippen LogP contribution >= 0.6 is 39.0 Å². The number of hydrogen-bond acceptors (Lipinski definition) is 3. The van der Waals surface area contributed by atoms with Gasteiger partial charge in [-0.3, -0.25) is 0 Å². The first-order valence-corrected chi connectivity index (χ1v) is 6.96. The van der Waals surface area contributed by atoms with Gasteiger partial charge >= 0.3 is 0 Å².